The highest BCUT2D eigenvalue weighted by Crippen LogP contribution is 1.93. The molecule has 0 aromatic rings. The molecule has 0 aliphatic heterocycles. The predicted molar refractivity (Wildman–Crippen MR) is 83.2 cm³/mol. The van der Waals surface area contributed by atoms with E-state index in [1.54, 1.807) is 0 Å². The number of thiol groups is 1. The van der Waals surface area contributed by atoms with Gasteiger partial charge in [0.1, 0.15) is 18.1 Å². The highest BCUT2D eigenvalue weighted by molar-refractivity contribution is 7.80. The fourth-order valence-electron chi connectivity index (χ4n) is 0.481. The van der Waals surface area contributed by atoms with E-state index in [0.29, 0.717) is 0 Å². The summed E-state index contributed by atoms with van der Waals surface area (Å²) in [4.78, 5) is 39.2. The first kappa shape index (κ1) is 26.0. The molecule has 3 unspecified atom stereocenters. The van der Waals surface area contributed by atoms with Crippen molar-refractivity contribution in [1.29, 1.82) is 0 Å². The van der Waals surface area contributed by atoms with Crippen LogP contribution in [0, 0.1) is 0 Å². The van der Waals surface area contributed by atoms with Gasteiger partial charge in [-0.15, -0.1) is 0 Å². The smallest absolute Gasteiger partial charge is 0.321 e. The van der Waals surface area contributed by atoms with Crippen LogP contribution in [0.15, 0.2) is 0 Å². The molecule has 0 amide bonds. The summed E-state index contributed by atoms with van der Waals surface area (Å²) >= 11 is 3.65. The number of aliphatic carboxylic acids is 4. The highest BCUT2D eigenvalue weighted by Gasteiger charge is 2.12. The normalized spacial score (nSPS) is 13.1. The van der Waals surface area contributed by atoms with Crippen LogP contribution in [0.1, 0.15) is 19.8 Å². The Morgan fingerprint density at radius 1 is 0.870 bits per heavy atom. The van der Waals surface area contributed by atoms with Gasteiger partial charge in [-0.2, -0.15) is 12.6 Å². The molecule has 0 saturated heterocycles. The molecule has 136 valence electrons. The second kappa shape index (κ2) is 15.0. The maximum absolute atomic E-state index is 9.99. The van der Waals surface area contributed by atoms with E-state index >= 15 is 0 Å². The van der Waals surface area contributed by atoms with Crippen molar-refractivity contribution < 1.29 is 39.6 Å². The molecule has 0 aromatic heterocycles. The maximum atomic E-state index is 9.99. The largest absolute Gasteiger partial charge is 0.481 e. The Labute approximate surface area is 137 Å². The Morgan fingerprint density at radius 3 is 1.35 bits per heavy atom. The summed E-state index contributed by atoms with van der Waals surface area (Å²) < 4.78 is 0. The van der Waals surface area contributed by atoms with Crippen molar-refractivity contribution >= 4 is 36.5 Å². The average Bonchev–Trinajstić information content (AvgIpc) is 2.44. The Hall–Kier alpha value is -1.89. The van der Waals surface area contributed by atoms with E-state index in [2.05, 4.69) is 12.6 Å². The van der Waals surface area contributed by atoms with E-state index in [4.69, 9.17) is 37.6 Å². The van der Waals surface area contributed by atoms with Crippen LogP contribution in [-0.4, -0.2) is 68.2 Å². The maximum Gasteiger partial charge on any atom is 0.321 e. The van der Waals surface area contributed by atoms with Crippen LogP contribution >= 0.6 is 12.6 Å². The van der Waals surface area contributed by atoms with Crippen LogP contribution in [-0.2, 0) is 19.2 Å². The molecule has 10 N–H and O–H groups in total. The minimum absolute atomic E-state index is 0.0231. The van der Waals surface area contributed by atoms with Crippen molar-refractivity contribution in [2.24, 2.45) is 17.2 Å². The van der Waals surface area contributed by atoms with E-state index in [0.717, 1.165) is 0 Å². The van der Waals surface area contributed by atoms with E-state index < -0.39 is 42.0 Å². The molecule has 12 heteroatoms. The van der Waals surface area contributed by atoms with Crippen molar-refractivity contribution in [2.45, 2.75) is 37.9 Å². The van der Waals surface area contributed by atoms with Gasteiger partial charge < -0.3 is 37.6 Å². The lowest BCUT2D eigenvalue weighted by atomic mass is 10.2. The number of hydrogen-bond donors (Lipinski definition) is 8. The molecule has 0 radical (unpaired) electrons. The number of rotatable bonds is 7. The van der Waals surface area contributed by atoms with Gasteiger partial charge >= 0.3 is 23.9 Å². The topological polar surface area (TPSA) is 227 Å². The molecular weight excluding hydrogens is 334 g/mol. The fourth-order valence-corrected chi connectivity index (χ4v) is 0.637. The second-order valence-corrected chi connectivity index (χ2v) is 4.50. The summed E-state index contributed by atoms with van der Waals surface area (Å²) in [6, 6.07) is -2.61. The van der Waals surface area contributed by atoms with E-state index in [1.165, 1.54) is 6.92 Å². The van der Waals surface area contributed by atoms with Gasteiger partial charge in [-0.05, 0) is 13.3 Å². The summed E-state index contributed by atoms with van der Waals surface area (Å²) in [5.41, 5.74) is 14.8. The SMILES string of the molecule is CC(N)C(=O)O.NC(CCC(=O)O)C(=O)O.NC(CS)C(=O)O. The molecule has 0 saturated carbocycles. The van der Waals surface area contributed by atoms with Gasteiger partial charge in [0.25, 0.3) is 0 Å². The third kappa shape index (κ3) is 22.5. The van der Waals surface area contributed by atoms with Gasteiger partial charge in [-0.25, -0.2) is 0 Å². The lowest BCUT2D eigenvalue weighted by molar-refractivity contribution is -0.140. The number of carbonyl (C=O) groups is 4. The zero-order valence-electron chi connectivity index (χ0n) is 12.5. The van der Waals surface area contributed by atoms with Gasteiger partial charge in [0.2, 0.25) is 0 Å². The van der Waals surface area contributed by atoms with E-state index in [9.17, 15) is 19.2 Å². The van der Waals surface area contributed by atoms with Crippen molar-refractivity contribution in [2.75, 3.05) is 5.75 Å². The van der Waals surface area contributed by atoms with Gasteiger partial charge in [-0.3, -0.25) is 19.2 Å². The summed E-state index contributed by atoms with van der Waals surface area (Å²) in [5, 5.41) is 32.1. The average molecular weight is 357 g/mol. The van der Waals surface area contributed by atoms with E-state index in [-0.39, 0.29) is 18.6 Å². The molecule has 0 fully saturated rings. The first-order valence-electron chi connectivity index (χ1n) is 6.14. The van der Waals surface area contributed by atoms with Crippen molar-refractivity contribution in [1.82, 2.24) is 0 Å². The Kier molecular flexibility index (Phi) is 17.0. The quantitative estimate of drug-likeness (QED) is 0.232. The van der Waals surface area contributed by atoms with Gasteiger partial charge in [0, 0.05) is 12.2 Å². The minimum Gasteiger partial charge on any atom is -0.481 e. The Balaban J connectivity index is -0.000000272. The monoisotopic (exact) mass is 357 g/mol. The number of carboxylic acid groups (broad SMARTS) is 4. The molecule has 0 heterocycles. The summed E-state index contributed by atoms with van der Waals surface area (Å²) in [6.07, 6.45) is -0.224. The molecule has 11 nitrogen and oxygen atoms in total. The molecule has 0 aromatic carbocycles. The molecule has 0 aliphatic carbocycles. The lowest BCUT2D eigenvalue weighted by Gasteiger charge is -2.01. The van der Waals surface area contributed by atoms with Crippen molar-refractivity contribution in [3.8, 4) is 0 Å². The molecule has 0 spiro atoms. The van der Waals surface area contributed by atoms with Crippen LogP contribution in [0.4, 0.5) is 0 Å². The van der Waals surface area contributed by atoms with Crippen molar-refractivity contribution in [3.63, 3.8) is 0 Å². The second-order valence-electron chi connectivity index (χ2n) is 4.13. The van der Waals surface area contributed by atoms with E-state index in [1.807, 2.05) is 0 Å². The summed E-state index contributed by atoms with van der Waals surface area (Å²) in [5.74, 6) is -3.97. The standard InChI is InChI=1S/C5H9NO4.C3H7NO2S.C3H7NO2/c6-3(5(9)10)1-2-4(7)8;4-2(1-7)3(5)6;1-2(4)3(5)6/h3H,1-2,6H2,(H,7,8)(H,9,10);2,7H,1,4H2,(H,5,6);2H,4H2,1H3,(H,5,6). The third-order valence-electron chi connectivity index (χ3n) is 1.89. The molecule has 0 bridgehead atoms. The predicted octanol–water partition coefficient (Wildman–Crippen LogP) is -1.99. The molecular formula is C11H23N3O8S. The fraction of sp³-hybridized carbons (Fsp3) is 0.636. The Morgan fingerprint density at radius 2 is 1.22 bits per heavy atom. The first-order chi connectivity index (χ1) is 10.4. The Bertz CT molecular complexity index is 391. The van der Waals surface area contributed by atoms with Gasteiger partial charge in [0.15, 0.2) is 0 Å². The van der Waals surface area contributed by atoms with Crippen LogP contribution in [0.25, 0.3) is 0 Å². The highest BCUT2D eigenvalue weighted by atomic mass is 32.1. The van der Waals surface area contributed by atoms with Crippen LogP contribution < -0.4 is 17.2 Å². The van der Waals surface area contributed by atoms with Crippen LogP contribution in [0.2, 0.25) is 0 Å². The molecule has 0 rings (SSSR count). The molecule has 3 atom stereocenters. The van der Waals surface area contributed by atoms with Crippen LogP contribution in [0.5, 0.6) is 0 Å². The molecule has 23 heavy (non-hydrogen) atoms. The summed E-state index contributed by atoms with van der Waals surface area (Å²) in [7, 11) is 0. The zero-order valence-corrected chi connectivity index (χ0v) is 13.3. The van der Waals surface area contributed by atoms with Gasteiger partial charge in [-0.1, -0.05) is 0 Å². The number of hydrogen-bond acceptors (Lipinski definition) is 8. The molecule has 0 aliphatic rings. The van der Waals surface area contributed by atoms with Gasteiger partial charge in [0.05, 0.1) is 0 Å². The number of carboxylic acids is 4. The third-order valence-corrected chi connectivity index (χ3v) is 2.28. The number of nitrogens with two attached hydrogens (primary N) is 3. The summed E-state index contributed by atoms with van der Waals surface area (Å²) in [6.45, 7) is 1.42. The lowest BCUT2D eigenvalue weighted by Crippen LogP contribution is -2.31. The zero-order chi connectivity index (χ0) is 19.2. The van der Waals surface area contributed by atoms with Crippen molar-refractivity contribution in [3.05, 3.63) is 0 Å². The van der Waals surface area contributed by atoms with Crippen LogP contribution in [0.3, 0.4) is 0 Å². The first-order valence-corrected chi connectivity index (χ1v) is 6.77. The minimum atomic E-state index is -1.17.